The van der Waals surface area contributed by atoms with Crippen LogP contribution in [-0.4, -0.2) is 0 Å². The van der Waals surface area contributed by atoms with Crippen LogP contribution in [0.1, 0.15) is 18.5 Å². The van der Waals surface area contributed by atoms with Gasteiger partial charge in [-0.05, 0) is 45.4 Å². The molecule has 1 heterocycles. The molecule has 15 heavy (non-hydrogen) atoms. The molecule has 78 valence electrons. The van der Waals surface area contributed by atoms with E-state index in [0.717, 1.165) is 4.47 Å². The normalized spacial score (nSPS) is 12.7. The number of hydrogen-bond acceptors (Lipinski definition) is 2. The molecule has 3 heteroatoms. The van der Waals surface area contributed by atoms with Gasteiger partial charge >= 0.3 is 0 Å². The van der Waals surface area contributed by atoms with E-state index in [4.69, 9.17) is 5.73 Å². The molecule has 1 atom stereocenters. The van der Waals surface area contributed by atoms with Crippen LogP contribution in [0, 0.1) is 0 Å². The number of thiophene rings is 1. The predicted molar refractivity (Wildman–Crippen MR) is 70.1 cm³/mol. The first-order valence-corrected chi connectivity index (χ1v) is 6.44. The minimum Gasteiger partial charge on any atom is -0.324 e. The Morgan fingerprint density at radius 2 is 1.87 bits per heavy atom. The van der Waals surface area contributed by atoms with Crippen molar-refractivity contribution < 1.29 is 0 Å². The molecular weight excluding hydrogens is 270 g/mol. The summed E-state index contributed by atoms with van der Waals surface area (Å²) in [7, 11) is 0. The lowest BCUT2D eigenvalue weighted by molar-refractivity contribution is 0.818. The molecule has 1 aromatic carbocycles. The molecule has 2 rings (SSSR count). The van der Waals surface area contributed by atoms with Gasteiger partial charge < -0.3 is 5.73 Å². The molecule has 1 unspecified atom stereocenters. The van der Waals surface area contributed by atoms with Crippen LogP contribution in [-0.2, 0) is 0 Å². The fourth-order valence-electron chi connectivity index (χ4n) is 1.44. The Hall–Kier alpha value is -0.640. The molecule has 1 nitrogen and oxygen atoms in total. The molecule has 0 spiro atoms. The third kappa shape index (κ3) is 2.30. The lowest BCUT2D eigenvalue weighted by Gasteiger charge is -2.06. The largest absolute Gasteiger partial charge is 0.324 e. The van der Waals surface area contributed by atoms with Crippen molar-refractivity contribution in [3.63, 3.8) is 0 Å². The van der Waals surface area contributed by atoms with E-state index < -0.39 is 0 Å². The molecule has 0 saturated carbocycles. The van der Waals surface area contributed by atoms with Crippen molar-refractivity contribution in [2.75, 3.05) is 0 Å². The zero-order chi connectivity index (χ0) is 10.8. The van der Waals surface area contributed by atoms with Crippen molar-refractivity contribution in [1.82, 2.24) is 0 Å². The van der Waals surface area contributed by atoms with Gasteiger partial charge in [0, 0.05) is 15.4 Å². The van der Waals surface area contributed by atoms with Crippen LogP contribution in [0.2, 0.25) is 0 Å². The Morgan fingerprint density at radius 1 is 1.20 bits per heavy atom. The number of nitrogens with two attached hydrogens (primary N) is 1. The lowest BCUT2D eigenvalue weighted by atomic mass is 10.1. The van der Waals surface area contributed by atoms with Crippen LogP contribution in [0.4, 0.5) is 0 Å². The quantitative estimate of drug-likeness (QED) is 0.877. The van der Waals surface area contributed by atoms with Crippen molar-refractivity contribution in [2.24, 2.45) is 5.73 Å². The minimum atomic E-state index is 0.103. The first-order valence-electron chi connectivity index (χ1n) is 4.77. The maximum Gasteiger partial charge on any atom is 0.0484 e. The van der Waals surface area contributed by atoms with Gasteiger partial charge in [-0.15, -0.1) is 11.3 Å². The first-order chi connectivity index (χ1) is 7.18. The molecular formula is C12H12BrNS. The van der Waals surface area contributed by atoms with Crippen molar-refractivity contribution in [3.8, 4) is 10.4 Å². The van der Waals surface area contributed by atoms with Gasteiger partial charge in [-0.1, -0.05) is 24.3 Å². The molecule has 0 aliphatic carbocycles. The zero-order valence-corrected chi connectivity index (χ0v) is 10.8. The second-order valence-corrected chi connectivity index (χ2v) is 5.28. The van der Waals surface area contributed by atoms with Crippen LogP contribution in [0.25, 0.3) is 10.4 Å². The van der Waals surface area contributed by atoms with Gasteiger partial charge in [0.2, 0.25) is 0 Å². The van der Waals surface area contributed by atoms with Gasteiger partial charge in [-0.25, -0.2) is 0 Å². The standard InChI is InChI=1S/C12H12BrNS/c1-8(14)9-2-4-10(5-3-9)12-11(13)6-7-15-12/h2-8H,14H2,1H3. The van der Waals surface area contributed by atoms with Gasteiger partial charge in [0.05, 0.1) is 0 Å². The summed E-state index contributed by atoms with van der Waals surface area (Å²) in [5, 5.41) is 2.08. The van der Waals surface area contributed by atoms with E-state index in [-0.39, 0.29) is 6.04 Å². The smallest absolute Gasteiger partial charge is 0.0484 e. The first kappa shape index (κ1) is 10.9. The third-order valence-electron chi connectivity index (χ3n) is 2.32. The van der Waals surface area contributed by atoms with Crippen molar-refractivity contribution in [2.45, 2.75) is 13.0 Å². The maximum atomic E-state index is 5.81. The van der Waals surface area contributed by atoms with Gasteiger partial charge in [-0.3, -0.25) is 0 Å². The highest BCUT2D eigenvalue weighted by Gasteiger charge is 2.05. The van der Waals surface area contributed by atoms with E-state index in [1.807, 2.05) is 6.92 Å². The van der Waals surface area contributed by atoms with Crippen LogP contribution in [0.3, 0.4) is 0 Å². The number of benzene rings is 1. The van der Waals surface area contributed by atoms with Gasteiger partial charge in [0.1, 0.15) is 0 Å². The van der Waals surface area contributed by atoms with Crippen molar-refractivity contribution in [1.29, 1.82) is 0 Å². The summed E-state index contributed by atoms with van der Waals surface area (Å²) < 4.78 is 1.15. The monoisotopic (exact) mass is 281 g/mol. The van der Waals surface area contributed by atoms with Crippen molar-refractivity contribution >= 4 is 27.3 Å². The molecule has 0 radical (unpaired) electrons. The molecule has 0 amide bonds. The maximum absolute atomic E-state index is 5.81. The molecule has 0 fully saturated rings. The van der Waals surface area contributed by atoms with Crippen molar-refractivity contribution in [3.05, 3.63) is 45.7 Å². The summed E-state index contributed by atoms with van der Waals surface area (Å²) in [4.78, 5) is 1.27. The average molecular weight is 282 g/mol. The average Bonchev–Trinajstić information content (AvgIpc) is 2.65. The molecule has 0 aliphatic heterocycles. The molecule has 2 N–H and O–H groups in total. The van der Waals surface area contributed by atoms with Gasteiger partial charge in [0.15, 0.2) is 0 Å². The summed E-state index contributed by atoms with van der Waals surface area (Å²) in [5.41, 5.74) is 8.22. The summed E-state index contributed by atoms with van der Waals surface area (Å²) in [6.45, 7) is 2.00. The molecule has 0 saturated heterocycles. The van der Waals surface area contributed by atoms with Crippen LogP contribution in [0.5, 0.6) is 0 Å². The minimum absolute atomic E-state index is 0.103. The Bertz CT molecular complexity index is 445. The fourth-order valence-corrected chi connectivity index (χ4v) is 3.05. The summed E-state index contributed by atoms with van der Waals surface area (Å²) in [5.74, 6) is 0. The highest BCUT2D eigenvalue weighted by Crippen LogP contribution is 2.33. The van der Waals surface area contributed by atoms with Crippen LogP contribution in [0.15, 0.2) is 40.2 Å². The van der Waals surface area contributed by atoms with E-state index in [1.165, 1.54) is 16.0 Å². The third-order valence-corrected chi connectivity index (χ3v) is 4.20. The van der Waals surface area contributed by atoms with Crippen LogP contribution >= 0.6 is 27.3 Å². The van der Waals surface area contributed by atoms with E-state index >= 15 is 0 Å². The Morgan fingerprint density at radius 3 is 2.33 bits per heavy atom. The molecule has 0 bridgehead atoms. The number of halogens is 1. The van der Waals surface area contributed by atoms with Gasteiger partial charge in [-0.2, -0.15) is 0 Å². The summed E-state index contributed by atoms with van der Waals surface area (Å²) in [6.07, 6.45) is 0. The molecule has 0 aliphatic rings. The predicted octanol–water partition coefficient (Wildman–Crippen LogP) is 4.20. The fraction of sp³-hybridized carbons (Fsp3) is 0.167. The lowest BCUT2D eigenvalue weighted by Crippen LogP contribution is -2.04. The van der Waals surface area contributed by atoms with E-state index in [1.54, 1.807) is 11.3 Å². The Balaban J connectivity index is 2.36. The number of hydrogen-bond donors (Lipinski definition) is 1. The SMILES string of the molecule is CC(N)c1ccc(-c2sccc2Br)cc1. The Kier molecular flexibility index (Phi) is 3.24. The zero-order valence-electron chi connectivity index (χ0n) is 8.41. The van der Waals surface area contributed by atoms with E-state index in [0.29, 0.717) is 0 Å². The van der Waals surface area contributed by atoms with E-state index in [2.05, 4.69) is 51.6 Å². The molecule has 1 aromatic heterocycles. The summed E-state index contributed by atoms with van der Waals surface area (Å²) in [6, 6.07) is 10.6. The van der Waals surface area contributed by atoms with Crippen LogP contribution < -0.4 is 5.73 Å². The highest BCUT2D eigenvalue weighted by atomic mass is 79.9. The Labute approximate surface area is 102 Å². The topological polar surface area (TPSA) is 26.0 Å². The highest BCUT2D eigenvalue weighted by molar-refractivity contribution is 9.10. The second-order valence-electron chi connectivity index (χ2n) is 3.51. The van der Waals surface area contributed by atoms with E-state index in [9.17, 15) is 0 Å². The second kappa shape index (κ2) is 4.47. The summed E-state index contributed by atoms with van der Waals surface area (Å²) >= 11 is 5.27. The van der Waals surface area contributed by atoms with Gasteiger partial charge in [0.25, 0.3) is 0 Å². The number of rotatable bonds is 2. The molecule has 2 aromatic rings.